The van der Waals surface area contributed by atoms with Gasteiger partial charge in [0.2, 0.25) is 0 Å². The second-order valence-corrected chi connectivity index (χ2v) is 3.17. The first-order valence-electron chi connectivity index (χ1n) is 4.70. The molecule has 0 radical (unpaired) electrons. The molecule has 0 N–H and O–H groups in total. The molecule has 0 aliphatic carbocycles. The summed E-state index contributed by atoms with van der Waals surface area (Å²) in [4.78, 5) is 11.3. The Morgan fingerprint density at radius 1 is 1.44 bits per heavy atom. The number of carbonyl (C=O) groups excluding carboxylic acids is 1. The van der Waals surface area contributed by atoms with E-state index in [0.717, 1.165) is 0 Å². The molecule has 0 atom stereocenters. The minimum atomic E-state index is -4.31. The fraction of sp³-hybridized carbons (Fsp3) is 0.500. The Morgan fingerprint density at radius 3 is 2.75 bits per heavy atom. The van der Waals surface area contributed by atoms with Crippen molar-refractivity contribution in [1.82, 2.24) is 0 Å². The van der Waals surface area contributed by atoms with Gasteiger partial charge in [-0.05, 0) is 18.6 Å². The fourth-order valence-corrected chi connectivity index (χ4v) is 1.08. The van der Waals surface area contributed by atoms with Crippen molar-refractivity contribution >= 4 is 5.78 Å². The van der Waals surface area contributed by atoms with E-state index >= 15 is 0 Å². The summed E-state index contributed by atoms with van der Waals surface area (Å²) in [5.74, 6) is -0.0172. The van der Waals surface area contributed by atoms with Gasteiger partial charge in [0.05, 0.1) is 6.26 Å². The SMILES string of the molecule is O=C(CCCOCC(F)(F)F)c1ccco1. The van der Waals surface area contributed by atoms with Crippen LogP contribution in [0.2, 0.25) is 0 Å². The van der Waals surface area contributed by atoms with Gasteiger partial charge in [-0.1, -0.05) is 0 Å². The predicted molar refractivity (Wildman–Crippen MR) is 49.1 cm³/mol. The van der Waals surface area contributed by atoms with E-state index in [1.54, 1.807) is 6.07 Å². The van der Waals surface area contributed by atoms with Crippen LogP contribution < -0.4 is 0 Å². The van der Waals surface area contributed by atoms with Crippen LogP contribution in [0.5, 0.6) is 0 Å². The number of ketones is 1. The zero-order valence-corrected chi connectivity index (χ0v) is 8.42. The van der Waals surface area contributed by atoms with Crippen molar-refractivity contribution in [3.8, 4) is 0 Å². The molecule has 90 valence electrons. The van der Waals surface area contributed by atoms with E-state index in [4.69, 9.17) is 4.42 Å². The van der Waals surface area contributed by atoms with E-state index in [1.807, 2.05) is 0 Å². The molecular formula is C10H11F3O3. The number of alkyl halides is 3. The van der Waals surface area contributed by atoms with Crippen molar-refractivity contribution in [3.05, 3.63) is 24.2 Å². The Hall–Kier alpha value is -1.30. The van der Waals surface area contributed by atoms with E-state index in [1.165, 1.54) is 12.3 Å². The summed E-state index contributed by atoms with van der Waals surface area (Å²) < 4.78 is 44.2. The first-order chi connectivity index (χ1) is 7.49. The van der Waals surface area contributed by atoms with Crippen LogP contribution in [0.25, 0.3) is 0 Å². The van der Waals surface area contributed by atoms with Crippen LogP contribution in [0.1, 0.15) is 23.4 Å². The van der Waals surface area contributed by atoms with E-state index < -0.39 is 12.8 Å². The standard InChI is InChI=1S/C10H11F3O3/c11-10(12,13)7-15-5-1-3-8(14)9-4-2-6-16-9/h2,4,6H,1,3,5,7H2. The summed E-state index contributed by atoms with van der Waals surface area (Å²) in [6.45, 7) is -1.37. The van der Waals surface area contributed by atoms with Crippen molar-refractivity contribution < 1.29 is 27.1 Å². The van der Waals surface area contributed by atoms with Crippen molar-refractivity contribution in [1.29, 1.82) is 0 Å². The maximum absolute atomic E-state index is 11.7. The minimum absolute atomic E-state index is 0.0913. The molecule has 0 aliphatic rings. The molecule has 0 aromatic carbocycles. The fourth-order valence-electron chi connectivity index (χ4n) is 1.08. The number of Topliss-reactive ketones (excluding diaryl/α,β-unsaturated/α-hetero) is 1. The van der Waals surface area contributed by atoms with Gasteiger partial charge in [-0.15, -0.1) is 0 Å². The van der Waals surface area contributed by atoms with Crippen molar-refractivity contribution in [2.45, 2.75) is 19.0 Å². The molecule has 6 heteroatoms. The Balaban J connectivity index is 2.10. The third-order valence-electron chi connectivity index (χ3n) is 1.75. The zero-order valence-electron chi connectivity index (χ0n) is 8.42. The highest BCUT2D eigenvalue weighted by atomic mass is 19.4. The summed E-state index contributed by atoms with van der Waals surface area (Å²) in [7, 11) is 0. The monoisotopic (exact) mass is 236 g/mol. The van der Waals surface area contributed by atoms with Crippen molar-refractivity contribution in [2.75, 3.05) is 13.2 Å². The number of halogens is 3. The minimum Gasteiger partial charge on any atom is -0.461 e. The molecule has 0 saturated carbocycles. The zero-order chi connectivity index (χ0) is 12.0. The van der Waals surface area contributed by atoms with Gasteiger partial charge in [0, 0.05) is 13.0 Å². The predicted octanol–water partition coefficient (Wildman–Crippen LogP) is 2.82. The average Bonchev–Trinajstić information content (AvgIpc) is 2.67. The lowest BCUT2D eigenvalue weighted by Gasteiger charge is -2.06. The lowest BCUT2D eigenvalue weighted by Crippen LogP contribution is -2.17. The Morgan fingerprint density at radius 2 is 2.19 bits per heavy atom. The molecule has 0 bridgehead atoms. The van der Waals surface area contributed by atoms with Crippen LogP contribution in [-0.2, 0) is 4.74 Å². The highest BCUT2D eigenvalue weighted by Gasteiger charge is 2.27. The molecule has 0 aliphatic heterocycles. The lowest BCUT2D eigenvalue weighted by atomic mass is 10.2. The molecule has 0 saturated heterocycles. The van der Waals surface area contributed by atoms with Gasteiger partial charge in [0.25, 0.3) is 0 Å². The molecule has 0 spiro atoms. The number of carbonyl (C=O) groups is 1. The molecule has 1 heterocycles. The van der Waals surface area contributed by atoms with Gasteiger partial charge >= 0.3 is 6.18 Å². The topological polar surface area (TPSA) is 39.4 Å². The quantitative estimate of drug-likeness (QED) is 0.563. The van der Waals surface area contributed by atoms with E-state index in [2.05, 4.69) is 4.74 Å². The van der Waals surface area contributed by atoms with Crippen LogP contribution in [0.15, 0.2) is 22.8 Å². The first kappa shape index (κ1) is 12.8. The second-order valence-electron chi connectivity index (χ2n) is 3.17. The number of hydrogen-bond acceptors (Lipinski definition) is 3. The van der Waals surface area contributed by atoms with E-state index in [0.29, 0.717) is 0 Å². The van der Waals surface area contributed by atoms with E-state index in [9.17, 15) is 18.0 Å². The van der Waals surface area contributed by atoms with Crippen LogP contribution >= 0.6 is 0 Å². The molecule has 1 aromatic heterocycles. The molecule has 0 unspecified atom stereocenters. The molecule has 1 rings (SSSR count). The van der Waals surface area contributed by atoms with Gasteiger partial charge in [0.15, 0.2) is 11.5 Å². The lowest BCUT2D eigenvalue weighted by molar-refractivity contribution is -0.173. The summed E-state index contributed by atoms with van der Waals surface area (Å²) in [5, 5.41) is 0. The van der Waals surface area contributed by atoms with Gasteiger partial charge < -0.3 is 9.15 Å². The summed E-state index contributed by atoms with van der Waals surface area (Å²) in [5.41, 5.74) is 0. The maximum Gasteiger partial charge on any atom is 0.411 e. The molecular weight excluding hydrogens is 225 g/mol. The van der Waals surface area contributed by atoms with Crippen molar-refractivity contribution in [2.24, 2.45) is 0 Å². The van der Waals surface area contributed by atoms with E-state index in [-0.39, 0.29) is 31.0 Å². The Labute approximate surface area is 90.2 Å². The molecule has 3 nitrogen and oxygen atoms in total. The largest absolute Gasteiger partial charge is 0.461 e. The molecule has 1 aromatic rings. The van der Waals surface area contributed by atoms with Crippen LogP contribution in [0, 0.1) is 0 Å². The van der Waals surface area contributed by atoms with Gasteiger partial charge in [-0.3, -0.25) is 4.79 Å². The number of furan rings is 1. The summed E-state index contributed by atoms with van der Waals surface area (Å²) in [6.07, 6.45) is -2.58. The highest BCUT2D eigenvalue weighted by Crippen LogP contribution is 2.14. The van der Waals surface area contributed by atoms with Crippen molar-refractivity contribution in [3.63, 3.8) is 0 Å². The number of ether oxygens (including phenoxy) is 1. The Kier molecular flexibility index (Phi) is 4.54. The Bertz CT molecular complexity index is 317. The first-order valence-corrected chi connectivity index (χ1v) is 4.70. The molecule has 0 amide bonds. The van der Waals surface area contributed by atoms with Crippen LogP contribution in [-0.4, -0.2) is 25.2 Å². The molecule has 16 heavy (non-hydrogen) atoms. The average molecular weight is 236 g/mol. The van der Waals surface area contributed by atoms with Crippen LogP contribution in [0.3, 0.4) is 0 Å². The maximum atomic E-state index is 11.7. The smallest absolute Gasteiger partial charge is 0.411 e. The third kappa shape index (κ3) is 4.97. The normalized spacial score (nSPS) is 11.7. The number of hydrogen-bond donors (Lipinski definition) is 0. The van der Waals surface area contributed by atoms with Crippen LogP contribution in [0.4, 0.5) is 13.2 Å². The van der Waals surface area contributed by atoms with Gasteiger partial charge in [0.1, 0.15) is 6.61 Å². The van der Waals surface area contributed by atoms with Gasteiger partial charge in [-0.2, -0.15) is 13.2 Å². The highest BCUT2D eigenvalue weighted by molar-refractivity contribution is 5.93. The summed E-state index contributed by atoms with van der Waals surface area (Å²) >= 11 is 0. The second kappa shape index (κ2) is 5.69. The van der Waals surface area contributed by atoms with Gasteiger partial charge in [-0.25, -0.2) is 0 Å². The summed E-state index contributed by atoms with van der Waals surface area (Å²) in [6, 6.07) is 3.09. The number of rotatable bonds is 6. The third-order valence-corrected chi connectivity index (χ3v) is 1.75. The molecule has 0 fully saturated rings.